The van der Waals surface area contributed by atoms with Crippen molar-refractivity contribution in [3.63, 3.8) is 0 Å². The van der Waals surface area contributed by atoms with Crippen LogP contribution in [0.15, 0.2) is 42.5 Å². The lowest BCUT2D eigenvalue weighted by Gasteiger charge is -2.18. The Labute approximate surface area is 190 Å². The standard InChI is InChI=1S/C21H25N3O.3C2H6/c1-4-24(5-2)11-10-22-21(25)18-13-15(3)12-17-14-16-8-6-7-9-19(16)23-20(17)18;3*1-2/h6-9,12-14H,4-5,10-11H2,1-3H3,(H,22,25);3*1-2H3. The molecule has 0 saturated carbocycles. The molecule has 1 aromatic heterocycles. The lowest BCUT2D eigenvalue weighted by atomic mass is 10.0. The van der Waals surface area contributed by atoms with E-state index in [0.717, 1.165) is 47.0 Å². The molecule has 0 atom stereocenters. The number of rotatable bonds is 6. The van der Waals surface area contributed by atoms with Gasteiger partial charge < -0.3 is 10.2 Å². The number of benzene rings is 2. The number of aromatic nitrogens is 1. The Balaban J connectivity index is 0.00000138. The molecule has 0 aliphatic rings. The number of nitrogens with zero attached hydrogens (tertiary/aromatic N) is 2. The molecular weight excluding hydrogens is 382 g/mol. The first-order valence-electron chi connectivity index (χ1n) is 11.9. The highest BCUT2D eigenvalue weighted by Gasteiger charge is 2.13. The molecular formula is C27H43N3O. The van der Waals surface area contributed by atoms with Gasteiger partial charge in [-0.15, -0.1) is 0 Å². The van der Waals surface area contributed by atoms with Crippen molar-refractivity contribution < 1.29 is 4.79 Å². The predicted molar refractivity (Wildman–Crippen MR) is 138 cm³/mol. The van der Waals surface area contributed by atoms with Crippen molar-refractivity contribution in [2.75, 3.05) is 26.2 Å². The summed E-state index contributed by atoms with van der Waals surface area (Å²) in [7, 11) is 0. The molecule has 0 aliphatic carbocycles. The van der Waals surface area contributed by atoms with E-state index in [1.807, 2.05) is 78.8 Å². The molecule has 3 aromatic rings. The monoisotopic (exact) mass is 425 g/mol. The summed E-state index contributed by atoms with van der Waals surface area (Å²) in [5.74, 6) is -0.0522. The summed E-state index contributed by atoms with van der Waals surface area (Å²) in [6.45, 7) is 21.8. The first-order valence-corrected chi connectivity index (χ1v) is 11.9. The average Bonchev–Trinajstić information content (AvgIpc) is 2.83. The summed E-state index contributed by atoms with van der Waals surface area (Å²) in [6.07, 6.45) is 0. The molecule has 3 rings (SSSR count). The second kappa shape index (κ2) is 16.3. The van der Waals surface area contributed by atoms with Gasteiger partial charge in [0.1, 0.15) is 0 Å². The molecule has 0 unspecified atom stereocenters. The zero-order chi connectivity index (χ0) is 23.8. The Bertz CT molecular complexity index is 902. The Morgan fingerprint density at radius 2 is 1.52 bits per heavy atom. The van der Waals surface area contributed by atoms with Gasteiger partial charge in [0.05, 0.1) is 16.6 Å². The summed E-state index contributed by atoms with van der Waals surface area (Å²) in [4.78, 5) is 19.8. The maximum atomic E-state index is 12.7. The largest absolute Gasteiger partial charge is 0.351 e. The molecule has 0 bridgehead atoms. The average molecular weight is 426 g/mol. The van der Waals surface area contributed by atoms with Crippen LogP contribution in [0.25, 0.3) is 21.8 Å². The highest BCUT2D eigenvalue weighted by molar-refractivity contribution is 6.08. The third-order valence-corrected chi connectivity index (χ3v) is 4.62. The van der Waals surface area contributed by atoms with E-state index in [-0.39, 0.29) is 5.91 Å². The molecule has 1 amide bonds. The van der Waals surface area contributed by atoms with Crippen molar-refractivity contribution in [3.05, 3.63) is 53.6 Å². The van der Waals surface area contributed by atoms with Crippen LogP contribution in [-0.4, -0.2) is 42.0 Å². The first-order chi connectivity index (χ1) is 15.1. The predicted octanol–water partition coefficient (Wildman–Crippen LogP) is 6.85. The van der Waals surface area contributed by atoms with Gasteiger partial charge >= 0.3 is 0 Å². The number of hydrogen-bond donors (Lipinski definition) is 1. The van der Waals surface area contributed by atoms with Crippen molar-refractivity contribution in [2.45, 2.75) is 62.3 Å². The number of para-hydroxylation sites is 1. The first kappa shape index (κ1) is 28.5. The lowest BCUT2D eigenvalue weighted by Crippen LogP contribution is -2.34. The van der Waals surface area contributed by atoms with Gasteiger partial charge in [0, 0.05) is 23.9 Å². The van der Waals surface area contributed by atoms with Gasteiger partial charge in [0.25, 0.3) is 5.91 Å². The van der Waals surface area contributed by atoms with Gasteiger partial charge in [-0.05, 0) is 49.8 Å². The zero-order valence-corrected chi connectivity index (χ0v) is 21.2. The number of nitrogens with one attached hydrogen (secondary N) is 1. The zero-order valence-electron chi connectivity index (χ0n) is 21.2. The third-order valence-electron chi connectivity index (χ3n) is 4.62. The maximum Gasteiger partial charge on any atom is 0.253 e. The number of carbonyl (C=O) groups is 1. The van der Waals surface area contributed by atoms with E-state index < -0.39 is 0 Å². The summed E-state index contributed by atoms with van der Waals surface area (Å²) in [6, 6.07) is 14.1. The van der Waals surface area contributed by atoms with E-state index in [2.05, 4.69) is 36.2 Å². The molecule has 0 fully saturated rings. The molecule has 0 spiro atoms. The van der Waals surface area contributed by atoms with E-state index in [9.17, 15) is 4.79 Å². The van der Waals surface area contributed by atoms with Crippen LogP contribution in [-0.2, 0) is 0 Å². The van der Waals surface area contributed by atoms with Crippen LogP contribution in [0.4, 0.5) is 0 Å². The third kappa shape index (κ3) is 8.29. The van der Waals surface area contributed by atoms with Crippen molar-refractivity contribution in [2.24, 2.45) is 0 Å². The summed E-state index contributed by atoms with van der Waals surface area (Å²) in [5, 5.41) is 5.14. The van der Waals surface area contributed by atoms with Crippen molar-refractivity contribution in [1.29, 1.82) is 0 Å². The minimum atomic E-state index is -0.0522. The van der Waals surface area contributed by atoms with Crippen LogP contribution in [0, 0.1) is 6.92 Å². The number of hydrogen-bond acceptors (Lipinski definition) is 3. The Morgan fingerprint density at radius 1 is 0.903 bits per heavy atom. The minimum Gasteiger partial charge on any atom is -0.351 e. The highest BCUT2D eigenvalue weighted by atomic mass is 16.1. The van der Waals surface area contributed by atoms with Crippen LogP contribution in [0.2, 0.25) is 0 Å². The van der Waals surface area contributed by atoms with Gasteiger partial charge in [0.15, 0.2) is 0 Å². The summed E-state index contributed by atoms with van der Waals surface area (Å²) >= 11 is 0. The number of fused-ring (bicyclic) bond motifs is 2. The van der Waals surface area contributed by atoms with Crippen LogP contribution >= 0.6 is 0 Å². The summed E-state index contributed by atoms with van der Waals surface area (Å²) < 4.78 is 0. The molecule has 4 nitrogen and oxygen atoms in total. The molecule has 4 heteroatoms. The smallest absolute Gasteiger partial charge is 0.253 e. The fourth-order valence-corrected chi connectivity index (χ4v) is 3.18. The van der Waals surface area contributed by atoms with Crippen LogP contribution in [0.3, 0.4) is 0 Å². The quantitative estimate of drug-likeness (QED) is 0.439. The van der Waals surface area contributed by atoms with Crippen LogP contribution in [0.1, 0.15) is 71.3 Å². The van der Waals surface area contributed by atoms with E-state index in [0.29, 0.717) is 12.1 Å². The Morgan fingerprint density at radius 3 is 2.13 bits per heavy atom. The van der Waals surface area contributed by atoms with Crippen LogP contribution < -0.4 is 5.32 Å². The van der Waals surface area contributed by atoms with E-state index in [4.69, 9.17) is 4.98 Å². The second-order valence-electron chi connectivity index (χ2n) is 6.35. The molecule has 1 heterocycles. The second-order valence-corrected chi connectivity index (χ2v) is 6.35. The number of pyridine rings is 1. The number of likely N-dealkylation sites (N-methyl/N-ethyl adjacent to an activating group) is 1. The minimum absolute atomic E-state index is 0.0522. The molecule has 172 valence electrons. The van der Waals surface area contributed by atoms with Crippen molar-refractivity contribution in [1.82, 2.24) is 15.2 Å². The van der Waals surface area contributed by atoms with Crippen molar-refractivity contribution in [3.8, 4) is 0 Å². The molecule has 1 N–H and O–H groups in total. The molecule has 0 radical (unpaired) electrons. The Kier molecular flexibility index (Phi) is 15.0. The number of carbonyl (C=O) groups excluding carboxylic acids is 1. The van der Waals surface area contributed by atoms with E-state index in [1.165, 1.54) is 0 Å². The molecule has 2 aromatic carbocycles. The molecule has 0 saturated heterocycles. The van der Waals surface area contributed by atoms with Gasteiger partial charge in [-0.2, -0.15) is 0 Å². The van der Waals surface area contributed by atoms with Gasteiger partial charge in [-0.1, -0.05) is 73.6 Å². The number of amides is 1. The van der Waals surface area contributed by atoms with Gasteiger partial charge in [-0.3, -0.25) is 4.79 Å². The lowest BCUT2D eigenvalue weighted by molar-refractivity contribution is 0.0950. The highest BCUT2D eigenvalue weighted by Crippen LogP contribution is 2.24. The number of aryl methyl sites for hydroxylation is 1. The van der Waals surface area contributed by atoms with Crippen LogP contribution in [0.5, 0.6) is 0 Å². The van der Waals surface area contributed by atoms with E-state index >= 15 is 0 Å². The molecule has 0 aliphatic heterocycles. The van der Waals surface area contributed by atoms with Gasteiger partial charge in [0.2, 0.25) is 0 Å². The summed E-state index contributed by atoms with van der Waals surface area (Å²) in [5.41, 5.74) is 3.40. The SMILES string of the molecule is CC.CC.CC.CCN(CC)CCNC(=O)c1cc(C)cc2cc3ccccc3nc12. The van der Waals surface area contributed by atoms with E-state index in [1.54, 1.807) is 0 Å². The fourth-order valence-electron chi connectivity index (χ4n) is 3.18. The Hall–Kier alpha value is -2.46. The topological polar surface area (TPSA) is 45.2 Å². The normalized spacial score (nSPS) is 9.74. The maximum absolute atomic E-state index is 12.7. The van der Waals surface area contributed by atoms with Gasteiger partial charge in [-0.25, -0.2) is 4.98 Å². The van der Waals surface area contributed by atoms with Crippen molar-refractivity contribution >= 4 is 27.7 Å². The molecule has 31 heavy (non-hydrogen) atoms. The fraction of sp³-hybridized carbons (Fsp3) is 0.481.